The summed E-state index contributed by atoms with van der Waals surface area (Å²) in [5.41, 5.74) is 0.375. The number of carboxylic acids is 1. The summed E-state index contributed by atoms with van der Waals surface area (Å²) in [5.74, 6) is 0.0989. The molecule has 0 atom stereocenters. The van der Waals surface area contributed by atoms with Gasteiger partial charge < -0.3 is 10.4 Å². The maximum atomic E-state index is 12.0. The summed E-state index contributed by atoms with van der Waals surface area (Å²) in [4.78, 5) is 27.1. The largest absolute Gasteiger partial charge is 0.481 e. The number of pyridine rings is 1. The molecular formula is C15H20BrN3O3. The molecular weight excluding hydrogens is 350 g/mol. The summed E-state index contributed by atoms with van der Waals surface area (Å²) in [7, 11) is 0. The van der Waals surface area contributed by atoms with Crippen molar-refractivity contribution in [3.8, 4) is 0 Å². The SMILES string of the molecule is CC(C)(CCC(=O)O)NC(=O)Nc1ccc(Br)c(C2CC2)n1. The second kappa shape index (κ2) is 6.64. The van der Waals surface area contributed by atoms with E-state index in [1.54, 1.807) is 19.9 Å². The fourth-order valence-electron chi connectivity index (χ4n) is 2.11. The Morgan fingerprint density at radius 1 is 1.41 bits per heavy atom. The number of rotatable bonds is 6. The number of carboxylic acid groups (broad SMARTS) is 1. The predicted octanol–water partition coefficient (Wildman–Crippen LogP) is 3.49. The highest BCUT2D eigenvalue weighted by atomic mass is 79.9. The molecule has 0 radical (unpaired) electrons. The zero-order chi connectivity index (χ0) is 16.3. The van der Waals surface area contributed by atoms with Crippen LogP contribution in [-0.4, -0.2) is 27.6 Å². The van der Waals surface area contributed by atoms with E-state index >= 15 is 0 Å². The van der Waals surface area contributed by atoms with Crippen LogP contribution < -0.4 is 10.6 Å². The van der Waals surface area contributed by atoms with Crippen molar-refractivity contribution in [3.05, 3.63) is 22.3 Å². The summed E-state index contributed by atoms with van der Waals surface area (Å²) in [6.45, 7) is 3.58. The molecule has 1 saturated carbocycles. The predicted molar refractivity (Wildman–Crippen MR) is 87.0 cm³/mol. The van der Waals surface area contributed by atoms with Crippen LogP contribution in [-0.2, 0) is 4.79 Å². The summed E-state index contributed by atoms with van der Waals surface area (Å²) < 4.78 is 0.961. The third kappa shape index (κ3) is 4.98. The molecule has 0 bridgehead atoms. The van der Waals surface area contributed by atoms with E-state index in [9.17, 15) is 9.59 Å². The van der Waals surface area contributed by atoms with Crippen molar-refractivity contribution in [2.24, 2.45) is 0 Å². The molecule has 3 N–H and O–H groups in total. The molecule has 0 aromatic carbocycles. The Hall–Kier alpha value is -1.63. The monoisotopic (exact) mass is 369 g/mol. The zero-order valence-corrected chi connectivity index (χ0v) is 14.2. The van der Waals surface area contributed by atoms with Gasteiger partial charge in [0, 0.05) is 22.4 Å². The molecule has 7 heteroatoms. The molecule has 1 aliphatic carbocycles. The number of aromatic nitrogens is 1. The average Bonchev–Trinajstić information content (AvgIpc) is 3.22. The lowest BCUT2D eigenvalue weighted by molar-refractivity contribution is -0.137. The van der Waals surface area contributed by atoms with Gasteiger partial charge >= 0.3 is 12.0 Å². The number of nitrogens with zero attached hydrogens (tertiary/aromatic N) is 1. The van der Waals surface area contributed by atoms with Gasteiger partial charge in [-0.1, -0.05) is 0 Å². The maximum Gasteiger partial charge on any atom is 0.320 e. The van der Waals surface area contributed by atoms with Crippen LogP contribution >= 0.6 is 15.9 Å². The van der Waals surface area contributed by atoms with E-state index in [0.717, 1.165) is 23.0 Å². The van der Waals surface area contributed by atoms with Crippen LogP contribution in [0.25, 0.3) is 0 Å². The lowest BCUT2D eigenvalue weighted by Gasteiger charge is -2.25. The Morgan fingerprint density at radius 3 is 2.68 bits per heavy atom. The molecule has 0 aliphatic heterocycles. The molecule has 120 valence electrons. The summed E-state index contributed by atoms with van der Waals surface area (Å²) >= 11 is 3.47. The van der Waals surface area contributed by atoms with Crippen molar-refractivity contribution in [1.29, 1.82) is 0 Å². The Morgan fingerprint density at radius 2 is 2.09 bits per heavy atom. The molecule has 2 rings (SSSR count). The van der Waals surface area contributed by atoms with Crippen LogP contribution in [0.3, 0.4) is 0 Å². The minimum absolute atomic E-state index is 0.00957. The first-order chi connectivity index (χ1) is 10.3. The summed E-state index contributed by atoms with van der Waals surface area (Å²) in [5, 5.41) is 14.2. The van der Waals surface area contributed by atoms with Gasteiger partial charge in [-0.15, -0.1) is 0 Å². The number of halogens is 1. The van der Waals surface area contributed by atoms with E-state index in [2.05, 4.69) is 31.5 Å². The number of nitrogens with one attached hydrogen (secondary N) is 2. The van der Waals surface area contributed by atoms with Crippen LogP contribution in [0, 0.1) is 0 Å². The molecule has 1 aromatic rings. The molecule has 6 nitrogen and oxygen atoms in total. The molecule has 0 unspecified atom stereocenters. The first-order valence-electron chi connectivity index (χ1n) is 7.24. The fraction of sp³-hybridized carbons (Fsp3) is 0.533. The van der Waals surface area contributed by atoms with Gasteiger partial charge in [0.05, 0.1) is 5.69 Å². The van der Waals surface area contributed by atoms with Gasteiger partial charge in [0.2, 0.25) is 0 Å². The van der Waals surface area contributed by atoms with Gasteiger partial charge in [0.1, 0.15) is 5.82 Å². The van der Waals surface area contributed by atoms with Gasteiger partial charge in [-0.2, -0.15) is 0 Å². The lowest BCUT2D eigenvalue weighted by Crippen LogP contribution is -2.45. The number of hydrogen-bond donors (Lipinski definition) is 3. The Labute approximate surface area is 137 Å². The standard InChI is InChI=1S/C15H20BrN3O3/c1-15(2,8-7-12(20)21)19-14(22)18-11-6-5-10(16)13(17-11)9-3-4-9/h5-6,9H,3-4,7-8H2,1-2H3,(H,20,21)(H2,17,18,19,22). The second-order valence-corrected chi connectivity index (χ2v) is 7.05. The quantitative estimate of drug-likeness (QED) is 0.715. The van der Waals surface area contributed by atoms with Gasteiger partial charge in [0.15, 0.2) is 0 Å². The van der Waals surface area contributed by atoms with Crippen molar-refractivity contribution in [2.75, 3.05) is 5.32 Å². The van der Waals surface area contributed by atoms with Gasteiger partial charge in [-0.3, -0.25) is 10.1 Å². The normalized spacial score (nSPS) is 14.5. The molecule has 0 spiro atoms. The summed E-state index contributed by atoms with van der Waals surface area (Å²) in [6, 6.07) is 3.23. The topological polar surface area (TPSA) is 91.3 Å². The van der Waals surface area contributed by atoms with Gasteiger partial charge in [0.25, 0.3) is 0 Å². The number of aliphatic carboxylic acids is 1. The molecule has 1 aliphatic rings. The molecule has 1 aromatic heterocycles. The van der Waals surface area contributed by atoms with Crippen LogP contribution in [0.15, 0.2) is 16.6 Å². The maximum absolute atomic E-state index is 12.0. The minimum Gasteiger partial charge on any atom is -0.481 e. The molecule has 1 fully saturated rings. The number of carbonyl (C=O) groups is 2. The molecule has 2 amide bonds. The Bertz CT molecular complexity index is 585. The lowest BCUT2D eigenvalue weighted by atomic mass is 9.99. The second-order valence-electron chi connectivity index (χ2n) is 6.19. The van der Waals surface area contributed by atoms with Gasteiger partial charge in [-0.05, 0) is 61.2 Å². The van der Waals surface area contributed by atoms with E-state index in [1.165, 1.54) is 0 Å². The number of urea groups is 1. The van der Waals surface area contributed by atoms with Crippen molar-refractivity contribution >= 4 is 33.7 Å². The summed E-state index contributed by atoms with van der Waals surface area (Å²) in [6.07, 6.45) is 2.62. The molecule has 1 heterocycles. The van der Waals surface area contributed by atoms with E-state index in [0.29, 0.717) is 18.2 Å². The van der Waals surface area contributed by atoms with Gasteiger partial charge in [-0.25, -0.2) is 9.78 Å². The number of hydrogen-bond acceptors (Lipinski definition) is 3. The highest BCUT2D eigenvalue weighted by Crippen LogP contribution is 2.42. The van der Waals surface area contributed by atoms with Crippen LogP contribution in [0.1, 0.15) is 51.1 Å². The first-order valence-corrected chi connectivity index (χ1v) is 8.03. The smallest absolute Gasteiger partial charge is 0.320 e. The van der Waals surface area contributed by atoms with Crippen molar-refractivity contribution < 1.29 is 14.7 Å². The van der Waals surface area contributed by atoms with E-state index in [4.69, 9.17) is 5.11 Å². The molecule has 0 saturated heterocycles. The number of amides is 2. The third-order valence-corrected chi connectivity index (χ3v) is 4.17. The Balaban J connectivity index is 1.94. The highest BCUT2D eigenvalue weighted by Gasteiger charge is 2.28. The molecule has 22 heavy (non-hydrogen) atoms. The van der Waals surface area contributed by atoms with Crippen molar-refractivity contribution in [1.82, 2.24) is 10.3 Å². The fourth-order valence-corrected chi connectivity index (χ4v) is 2.65. The third-order valence-electron chi connectivity index (χ3n) is 3.49. The number of anilines is 1. The minimum atomic E-state index is -0.876. The van der Waals surface area contributed by atoms with E-state index < -0.39 is 11.5 Å². The van der Waals surface area contributed by atoms with Crippen LogP contribution in [0.5, 0.6) is 0 Å². The average molecular weight is 370 g/mol. The van der Waals surface area contributed by atoms with E-state index in [-0.39, 0.29) is 12.5 Å². The van der Waals surface area contributed by atoms with Crippen LogP contribution in [0.4, 0.5) is 10.6 Å². The highest BCUT2D eigenvalue weighted by molar-refractivity contribution is 9.10. The zero-order valence-electron chi connectivity index (χ0n) is 12.6. The van der Waals surface area contributed by atoms with Crippen molar-refractivity contribution in [2.45, 2.75) is 51.0 Å². The first kappa shape index (κ1) is 16.7. The number of carbonyl (C=O) groups excluding carboxylic acids is 1. The van der Waals surface area contributed by atoms with Crippen molar-refractivity contribution in [3.63, 3.8) is 0 Å². The van der Waals surface area contributed by atoms with E-state index in [1.807, 2.05) is 6.07 Å². The Kier molecular flexibility index (Phi) is 5.05. The van der Waals surface area contributed by atoms with Crippen LogP contribution in [0.2, 0.25) is 0 Å².